The van der Waals surface area contributed by atoms with Crippen molar-refractivity contribution in [3.8, 4) is 0 Å². The molecule has 0 unspecified atom stereocenters. The molecule has 1 heterocycles. The van der Waals surface area contributed by atoms with E-state index in [-0.39, 0.29) is 5.41 Å². The van der Waals surface area contributed by atoms with Crippen LogP contribution in [0.2, 0.25) is 0 Å². The summed E-state index contributed by atoms with van der Waals surface area (Å²) < 4.78 is 2.31. The zero-order valence-corrected chi connectivity index (χ0v) is 11.8. The van der Waals surface area contributed by atoms with Gasteiger partial charge in [-0.15, -0.1) is 0 Å². The van der Waals surface area contributed by atoms with E-state index in [1.807, 2.05) is 0 Å². The molecular weight excluding hydrogens is 206 g/mol. The Morgan fingerprint density at radius 2 is 1.71 bits per heavy atom. The molecule has 0 fully saturated rings. The number of rotatable bonds is 2. The highest BCUT2D eigenvalue weighted by atomic mass is 14.9. The lowest BCUT2D eigenvalue weighted by molar-refractivity contribution is 0.372. The first-order valence-electron chi connectivity index (χ1n) is 6.42. The SMILES string of the molecule is Cc1c(C(C)(C)C(C)C)c2ccccc2n1C. The van der Waals surface area contributed by atoms with Crippen LogP contribution >= 0.6 is 0 Å². The third-order valence-corrected chi connectivity index (χ3v) is 4.49. The van der Waals surface area contributed by atoms with Crippen LogP contribution in [0.3, 0.4) is 0 Å². The topological polar surface area (TPSA) is 4.93 Å². The normalized spacial score (nSPS) is 12.6. The van der Waals surface area contributed by atoms with Crippen molar-refractivity contribution in [1.82, 2.24) is 4.57 Å². The maximum Gasteiger partial charge on any atom is 0.0482 e. The van der Waals surface area contributed by atoms with Crippen LogP contribution in [0.15, 0.2) is 24.3 Å². The fourth-order valence-corrected chi connectivity index (χ4v) is 2.62. The minimum absolute atomic E-state index is 0.213. The van der Waals surface area contributed by atoms with Crippen LogP contribution in [0.4, 0.5) is 0 Å². The van der Waals surface area contributed by atoms with Crippen LogP contribution in [0.1, 0.15) is 39.0 Å². The van der Waals surface area contributed by atoms with Gasteiger partial charge in [0.15, 0.2) is 0 Å². The molecule has 0 spiro atoms. The molecule has 0 radical (unpaired) electrons. The average molecular weight is 229 g/mol. The minimum atomic E-state index is 0.213. The first-order valence-corrected chi connectivity index (χ1v) is 6.42. The number of aryl methyl sites for hydroxylation is 1. The Kier molecular flexibility index (Phi) is 2.81. The molecule has 1 heteroatoms. The molecule has 1 nitrogen and oxygen atoms in total. The Morgan fingerprint density at radius 3 is 2.29 bits per heavy atom. The standard InChI is InChI=1S/C16H23N/c1-11(2)16(4,5)15-12(3)17(6)14-10-8-7-9-13(14)15/h7-11H,1-6H3. The number of hydrogen-bond acceptors (Lipinski definition) is 0. The van der Waals surface area contributed by atoms with Crippen molar-refractivity contribution in [3.63, 3.8) is 0 Å². The van der Waals surface area contributed by atoms with Crippen LogP contribution < -0.4 is 0 Å². The summed E-state index contributed by atoms with van der Waals surface area (Å²) >= 11 is 0. The molecule has 1 aromatic carbocycles. The molecule has 0 aliphatic carbocycles. The average Bonchev–Trinajstić information content (AvgIpc) is 2.52. The van der Waals surface area contributed by atoms with Crippen molar-refractivity contribution in [2.45, 2.75) is 40.0 Å². The zero-order valence-electron chi connectivity index (χ0n) is 11.8. The number of nitrogens with zero attached hydrogens (tertiary/aromatic N) is 1. The van der Waals surface area contributed by atoms with E-state index >= 15 is 0 Å². The van der Waals surface area contributed by atoms with E-state index in [9.17, 15) is 0 Å². The summed E-state index contributed by atoms with van der Waals surface area (Å²) in [6.07, 6.45) is 0. The Labute approximate surface area is 104 Å². The zero-order chi connectivity index (χ0) is 12.8. The van der Waals surface area contributed by atoms with E-state index in [1.165, 1.54) is 22.2 Å². The molecule has 0 amide bonds. The van der Waals surface area contributed by atoms with Gasteiger partial charge in [0.05, 0.1) is 0 Å². The number of fused-ring (bicyclic) bond motifs is 1. The van der Waals surface area contributed by atoms with Gasteiger partial charge in [-0.25, -0.2) is 0 Å². The van der Waals surface area contributed by atoms with Crippen LogP contribution in [0, 0.1) is 12.8 Å². The first kappa shape index (κ1) is 12.2. The summed E-state index contributed by atoms with van der Waals surface area (Å²) in [6, 6.07) is 8.72. The van der Waals surface area contributed by atoms with Gasteiger partial charge < -0.3 is 4.57 Å². The first-order chi connectivity index (χ1) is 7.87. The smallest absolute Gasteiger partial charge is 0.0482 e. The summed E-state index contributed by atoms with van der Waals surface area (Å²) in [7, 11) is 2.16. The summed E-state index contributed by atoms with van der Waals surface area (Å²) in [5.74, 6) is 0.631. The molecule has 2 aromatic rings. The van der Waals surface area contributed by atoms with E-state index in [4.69, 9.17) is 0 Å². The van der Waals surface area contributed by atoms with Crippen molar-refractivity contribution >= 4 is 10.9 Å². The van der Waals surface area contributed by atoms with Gasteiger partial charge in [-0.2, -0.15) is 0 Å². The maximum atomic E-state index is 2.35. The molecular formula is C16H23N. The fourth-order valence-electron chi connectivity index (χ4n) is 2.62. The fraction of sp³-hybridized carbons (Fsp3) is 0.500. The van der Waals surface area contributed by atoms with Gasteiger partial charge in [0.2, 0.25) is 0 Å². The number of aromatic nitrogens is 1. The Bertz CT molecular complexity index is 544. The van der Waals surface area contributed by atoms with Crippen molar-refractivity contribution in [3.05, 3.63) is 35.5 Å². The molecule has 0 N–H and O–H groups in total. The molecule has 0 saturated heterocycles. The van der Waals surface area contributed by atoms with Crippen molar-refractivity contribution in [2.75, 3.05) is 0 Å². The molecule has 0 bridgehead atoms. The Balaban J connectivity index is 2.82. The largest absolute Gasteiger partial charge is 0.348 e. The van der Waals surface area contributed by atoms with Gasteiger partial charge in [0.25, 0.3) is 0 Å². The monoisotopic (exact) mass is 229 g/mol. The molecule has 1 aromatic heterocycles. The van der Waals surface area contributed by atoms with E-state index in [1.54, 1.807) is 0 Å². The highest BCUT2D eigenvalue weighted by Crippen LogP contribution is 2.39. The highest BCUT2D eigenvalue weighted by Gasteiger charge is 2.30. The molecule has 0 aliphatic rings. The van der Waals surface area contributed by atoms with Crippen LogP contribution in [-0.2, 0) is 12.5 Å². The van der Waals surface area contributed by atoms with Gasteiger partial charge in [-0.05, 0) is 29.9 Å². The van der Waals surface area contributed by atoms with Gasteiger partial charge in [-0.3, -0.25) is 0 Å². The number of hydrogen-bond donors (Lipinski definition) is 0. The highest BCUT2D eigenvalue weighted by molar-refractivity contribution is 5.86. The Morgan fingerprint density at radius 1 is 1.12 bits per heavy atom. The second kappa shape index (κ2) is 3.90. The molecule has 0 atom stereocenters. The quantitative estimate of drug-likeness (QED) is 0.718. The molecule has 0 saturated carbocycles. The van der Waals surface area contributed by atoms with Crippen LogP contribution in [0.5, 0.6) is 0 Å². The van der Waals surface area contributed by atoms with Crippen molar-refractivity contribution < 1.29 is 0 Å². The van der Waals surface area contributed by atoms with E-state index in [0.717, 1.165) is 0 Å². The number of benzene rings is 1. The van der Waals surface area contributed by atoms with Crippen LogP contribution in [0.25, 0.3) is 10.9 Å². The summed E-state index contributed by atoms with van der Waals surface area (Å²) in [5, 5.41) is 1.41. The second-order valence-corrected chi connectivity index (χ2v) is 5.91. The van der Waals surface area contributed by atoms with Gasteiger partial charge in [-0.1, -0.05) is 45.9 Å². The molecule has 2 rings (SSSR count). The van der Waals surface area contributed by atoms with Crippen molar-refractivity contribution in [2.24, 2.45) is 13.0 Å². The Hall–Kier alpha value is -1.24. The van der Waals surface area contributed by atoms with E-state index in [2.05, 4.69) is 70.5 Å². The molecule has 0 aliphatic heterocycles. The molecule has 17 heavy (non-hydrogen) atoms. The summed E-state index contributed by atoms with van der Waals surface area (Å²) in [6.45, 7) is 11.6. The van der Waals surface area contributed by atoms with Gasteiger partial charge in [0, 0.05) is 23.6 Å². The summed E-state index contributed by atoms with van der Waals surface area (Å²) in [4.78, 5) is 0. The lowest BCUT2D eigenvalue weighted by Gasteiger charge is -2.30. The lowest BCUT2D eigenvalue weighted by atomic mass is 9.74. The summed E-state index contributed by atoms with van der Waals surface area (Å²) in [5.41, 5.74) is 4.45. The predicted octanol–water partition coefficient (Wildman–Crippen LogP) is 4.42. The van der Waals surface area contributed by atoms with E-state index < -0.39 is 0 Å². The predicted molar refractivity (Wildman–Crippen MR) is 75.5 cm³/mol. The third-order valence-electron chi connectivity index (χ3n) is 4.49. The number of para-hydroxylation sites is 1. The molecule has 92 valence electrons. The second-order valence-electron chi connectivity index (χ2n) is 5.91. The van der Waals surface area contributed by atoms with E-state index in [0.29, 0.717) is 5.92 Å². The maximum absolute atomic E-state index is 2.35. The van der Waals surface area contributed by atoms with Gasteiger partial charge >= 0.3 is 0 Å². The lowest BCUT2D eigenvalue weighted by Crippen LogP contribution is -2.25. The minimum Gasteiger partial charge on any atom is -0.348 e. The third kappa shape index (κ3) is 1.69. The van der Waals surface area contributed by atoms with Gasteiger partial charge in [0.1, 0.15) is 0 Å². The van der Waals surface area contributed by atoms with Crippen LogP contribution in [-0.4, -0.2) is 4.57 Å². The van der Waals surface area contributed by atoms with Crippen molar-refractivity contribution in [1.29, 1.82) is 0 Å².